The lowest BCUT2D eigenvalue weighted by molar-refractivity contribution is -0.123. The molecule has 2 amide bonds. The summed E-state index contributed by atoms with van der Waals surface area (Å²) < 4.78 is 1.76. The third kappa shape index (κ3) is 2.36. The molecule has 144 valence electrons. The van der Waals surface area contributed by atoms with E-state index in [-0.39, 0.29) is 35.5 Å². The SMILES string of the molecule is Cc1nn(Cc2c(Cl)cccc2Cl)c(C)c1N1C(=O)[C@H]2[C@H](C1=O)[C@H]1C=C[C@H]2C1. The van der Waals surface area contributed by atoms with Gasteiger partial charge in [-0.3, -0.25) is 14.3 Å². The predicted molar refractivity (Wildman–Crippen MR) is 107 cm³/mol. The Morgan fingerprint density at radius 3 is 2.18 bits per heavy atom. The van der Waals surface area contributed by atoms with Gasteiger partial charge < -0.3 is 0 Å². The molecule has 0 spiro atoms. The number of hydrogen-bond acceptors (Lipinski definition) is 3. The lowest BCUT2D eigenvalue weighted by Crippen LogP contribution is -2.33. The van der Waals surface area contributed by atoms with Gasteiger partial charge in [-0.05, 0) is 44.2 Å². The minimum absolute atomic E-state index is 0.0895. The van der Waals surface area contributed by atoms with Gasteiger partial charge >= 0.3 is 0 Å². The van der Waals surface area contributed by atoms with E-state index in [9.17, 15) is 9.59 Å². The zero-order chi connectivity index (χ0) is 19.7. The van der Waals surface area contributed by atoms with Gasteiger partial charge in [0.25, 0.3) is 0 Å². The third-order valence-electron chi connectivity index (χ3n) is 6.41. The molecule has 2 bridgehead atoms. The summed E-state index contributed by atoms with van der Waals surface area (Å²) in [5, 5.41) is 5.71. The normalized spacial score (nSPS) is 27.9. The number of carbonyl (C=O) groups excluding carboxylic acids is 2. The largest absolute Gasteiger partial charge is 0.274 e. The van der Waals surface area contributed by atoms with E-state index in [1.165, 1.54) is 4.90 Å². The Balaban J connectivity index is 1.52. The number of aryl methyl sites for hydroxylation is 1. The van der Waals surface area contributed by atoms with Crippen LogP contribution < -0.4 is 4.90 Å². The van der Waals surface area contributed by atoms with Crippen LogP contribution in [-0.4, -0.2) is 21.6 Å². The van der Waals surface area contributed by atoms with Gasteiger partial charge in [-0.2, -0.15) is 5.10 Å². The quantitative estimate of drug-likeness (QED) is 0.558. The van der Waals surface area contributed by atoms with Crippen LogP contribution in [0.4, 0.5) is 5.69 Å². The highest BCUT2D eigenvalue weighted by atomic mass is 35.5. The number of halogens is 2. The summed E-state index contributed by atoms with van der Waals surface area (Å²) in [6.45, 7) is 4.08. The van der Waals surface area contributed by atoms with E-state index < -0.39 is 0 Å². The van der Waals surface area contributed by atoms with Gasteiger partial charge in [-0.15, -0.1) is 0 Å². The average Bonchev–Trinajstić information content (AvgIpc) is 3.38. The van der Waals surface area contributed by atoms with Crippen LogP contribution >= 0.6 is 23.2 Å². The number of carbonyl (C=O) groups is 2. The van der Waals surface area contributed by atoms with Crippen LogP contribution in [0.2, 0.25) is 10.0 Å². The number of anilines is 1. The van der Waals surface area contributed by atoms with Gasteiger partial charge in [0.05, 0.1) is 35.5 Å². The van der Waals surface area contributed by atoms with Gasteiger partial charge in [-0.25, -0.2) is 4.90 Å². The lowest BCUT2D eigenvalue weighted by Gasteiger charge is -2.18. The number of fused-ring (bicyclic) bond motifs is 5. The molecular weight excluding hydrogens is 397 g/mol. The van der Waals surface area contributed by atoms with Crippen molar-refractivity contribution in [3.05, 3.63) is 57.3 Å². The fraction of sp³-hybridized carbons (Fsp3) is 0.381. The molecule has 0 unspecified atom stereocenters. The number of allylic oxidation sites excluding steroid dienone is 2. The molecule has 1 aliphatic heterocycles. The van der Waals surface area contributed by atoms with E-state index in [4.69, 9.17) is 23.2 Å². The van der Waals surface area contributed by atoms with Crippen molar-refractivity contribution < 1.29 is 9.59 Å². The number of rotatable bonds is 3. The van der Waals surface area contributed by atoms with Crippen molar-refractivity contribution in [1.82, 2.24) is 9.78 Å². The molecule has 0 N–H and O–H groups in total. The maximum Gasteiger partial charge on any atom is 0.238 e. The van der Waals surface area contributed by atoms with E-state index in [1.807, 2.05) is 13.8 Å². The lowest BCUT2D eigenvalue weighted by atomic mass is 9.85. The third-order valence-corrected chi connectivity index (χ3v) is 7.12. The summed E-state index contributed by atoms with van der Waals surface area (Å²) in [6, 6.07) is 5.36. The Morgan fingerprint density at radius 2 is 1.61 bits per heavy atom. The Morgan fingerprint density at radius 1 is 1.04 bits per heavy atom. The van der Waals surface area contributed by atoms with Crippen molar-refractivity contribution in [1.29, 1.82) is 0 Å². The van der Waals surface area contributed by atoms with E-state index >= 15 is 0 Å². The molecule has 2 heterocycles. The minimum atomic E-state index is -0.220. The van der Waals surface area contributed by atoms with Crippen molar-refractivity contribution in [2.45, 2.75) is 26.8 Å². The second-order valence-electron chi connectivity index (χ2n) is 7.89. The maximum atomic E-state index is 13.2. The maximum absolute atomic E-state index is 13.2. The second-order valence-corrected chi connectivity index (χ2v) is 8.70. The standard InChI is InChI=1S/C21H19Cl2N3O2/c1-10-19(11(2)25(24-10)9-14-15(22)4-3-5-16(14)23)26-20(27)17-12-6-7-13(8-12)18(17)21(26)28/h3-7,12-13,17-18H,8-9H2,1-2H3/t12-,13-,17+,18+/m0/s1. The van der Waals surface area contributed by atoms with Crippen LogP contribution in [-0.2, 0) is 16.1 Å². The van der Waals surface area contributed by atoms with Crippen molar-refractivity contribution in [2.75, 3.05) is 4.90 Å². The highest BCUT2D eigenvalue weighted by molar-refractivity contribution is 6.36. The molecule has 1 saturated carbocycles. The summed E-state index contributed by atoms with van der Waals surface area (Å²) in [5.74, 6) is -0.241. The van der Waals surface area contributed by atoms with E-state index in [0.717, 1.165) is 17.7 Å². The predicted octanol–water partition coefficient (Wildman–Crippen LogP) is 4.17. The molecule has 2 fully saturated rings. The van der Waals surface area contributed by atoms with Gasteiger partial charge in [0.1, 0.15) is 0 Å². The first kappa shape index (κ1) is 18.0. The number of aromatic nitrogens is 2. The van der Waals surface area contributed by atoms with E-state index in [2.05, 4.69) is 17.3 Å². The van der Waals surface area contributed by atoms with E-state index in [1.54, 1.807) is 22.9 Å². The van der Waals surface area contributed by atoms with Crippen molar-refractivity contribution in [2.24, 2.45) is 23.7 Å². The molecule has 1 aromatic heterocycles. The van der Waals surface area contributed by atoms with E-state index in [0.29, 0.717) is 28.0 Å². The number of amides is 2. The Hall–Kier alpha value is -2.11. The molecule has 5 nitrogen and oxygen atoms in total. The number of hydrogen-bond donors (Lipinski definition) is 0. The topological polar surface area (TPSA) is 55.2 Å². The summed E-state index contributed by atoms with van der Waals surface area (Å²) in [7, 11) is 0. The molecule has 1 aromatic carbocycles. The van der Waals surface area contributed by atoms with Crippen molar-refractivity contribution in [3.8, 4) is 0 Å². The van der Waals surface area contributed by atoms with Gasteiger partial charge in [0, 0.05) is 15.6 Å². The van der Waals surface area contributed by atoms with Gasteiger partial charge in [-0.1, -0.05) is 41.4 Å². The molecule has 4 atom stereocenters. The molecule has 2 aromatic rings. The molecule has 7 heteroatoms. The minimum Gasteiger partial charge on any atom is -0.274 e. The van der Waals surface area contributed by atoms with Gasteiger partial charge in [0.2, 0.25) is 11.8 Å². The van der Waals surface area contributed by atoms with Crippen LogP contribution in [0, 0.1) is 37.5 Å². The molecule has 1 saturated heterocycles. The molecule has 3 aliphatic rings. The van der Waals surface area contributed by atoms with Crippen LogP contribution in [0.1, 0.15) is 23.4 Å². The summed E-state index contributed by atoms with van der Waals surface area (Å²) in [4.78, 5) is 27.7. The Labute approximate surface area is 172 Å². The Kier molecular flexibility index (Phi) is 3.97. The smallest absolute Gasteiger partial charge is 0.238 e. The number of imide groups is 1. The first-order chi connectivity index (χ1) is 13.4. The summed E-state index contributed by atoms with van der Waals surface area (Å²) >= 11 is 12.6. The summed E-state index contributed by atoms with van der Waals surface area (Å²) in [5.41, 5.74) is 2.78. The second kappa shape index (κ2) is 6.19. The molecule has 5 rings (SSSR count). The molecular formula is C21H19Cl2N3O2. The van der Waals surface area contributed by atoms with Crippen LogP contribution in [0.25, 0.3) is 0 Å². The first-order valence-corrected chi connectivity index (χ1v) is 10.2. The van der Waals surface area contributed by atoms with Crippen molar-refractivity contribution in [3.63, 3.8) is 0 Å². The average molecular weight is 416 g/mol. The van der Waals surface area contributed by atoms with Crippen LogP contribution in [0.3, 0.4) is 0 Å². The Bertz CT molecular complexity index is 1010. The molecule has 2 aliphatic carbocycles. The highest BCUT2D eigenvalue weighted by Crippen LogP contribution is 2.53. The zero-order valence-electron chi connectivity index (χ0n) is 15.5. The summed E-state index contributed by atoms with van der Waals surface area (Å²) in [6.07, 6.45) is 5.12. The van der Waals surface area contributed by atoms with Gasteiger partial charge in [0.15, 0.2) is 0 Å². The van der Waals surface area contributed by atoms with Crippen LogP contribution in [0.15, 0.2) is 30.4 Å². The first-order valence-electron chi connectivity index (χ1n) is 9.41. The zero-order valence-corrected chi connectivity index (χ0v) is 17.0. The fourth-order valence-corrected chi connectivity index (χ4v) is 5.64. The molecule has 28 heavy (non-hydrogen) atoms. The van der Waals surface area contributed by atoms with Crippen molar-refractivity contribution >= 4 is 40.7 Å². The van der Waals surface area contributed by atoms with Crippen LogP contribution in [0.5, 0.6) is 0 Å². The fourth-order valence-electron chi connectivity index (χ4n) is 5.12. The monoisotopic (exact) mass is 415 g/mol. The highest BCUT2D eigenvalue weighted by Gasteiger charge is 2.60. The molecule has 0 radical (unpaired) electrons. The number of benzene rings is 1. The number of nitrogens with zero attached hydrogens (tertiary/aromatic N) is 3.